The number of carbonyl (C=O) groups is 1. The van der Waals surface area contributed by atoms with Crippen molar-refractivity contribution in [3.63, 3.8) is 0 Å². The number of nitrogens with one attached hydrogen (secondary N) is 2. The maximum atomic E-state index is 12.7. The first-order valence-corrected chi connectivity index (χ1v) is 12.6. The molecule has 3 heterocycles. The van der Waals surface area contributed by atoms with Crippen LogP contribution in [0.1, 0.15) is 40.4 Å². The summed E-state index contributed by atoms with van der Waals surface area (Å²) in [6, 6.07) is 16.4. The van der Waals surface area contributed by atoms with E-state index in [0.717, 1.165) is 35.7 Å². The Kier molecular flexibility index (Phi) is 6.20. The van der Waals surface area contributed by atoms with E-state index in [0.29, 0.717) is 38.5 Å². The van der Waals surface area contributed by atoms with Crippen LogP contribution in [-0.2, 0) is 6.54 Å². The number of benzene rings is 2. The van der Waals surface area contributed by atoms with Crippen LogP contribution in [0.4, 0.5) is 11.5 Å². The molecular formula is C27H21Cl2N7O. The second-order valence-electron chi connectivity index (χ2n) is 8.82. The molecule has 1 saturated carbocycles. The van der Waals surface area contributed by atoms with Gasteiger partial charge in [-0.15, -0.1) is 0 Å². The quantitative estimate of drug-likeness (QED) is 0.266. The van der Waals surface area contributed by atoms with Gasteiger partial charge in [-0.05, 0) is 49.2 Å². The van der Waals surface area contributed by atoms with Crippen LogP contribution in [0.2, 0.25) is 10.0 Å². The van der Waals surface area contributed by atoms with E-state index in [9.17, 15) is 4.79 Å². The standard InChI is InChI=1S/C27H21Cl2N7O/c28-20-2-1-3-21(29)19(20)14-32-27(37)17-6-8-18(9-7-17)33-25-13-23(24-15-30-10-11-31-24)34-26-12-22(16-4-5-16)35-36(25)26/h1-3,6-13,15-16,33H,4-5,14H2,(H,32,37). The van der Waals surface area contributed by atoms with Gasteiger partial charge in [0.1, 0.15) is 11.5 Å². The van der Waals surface area contributed by atoms with Gasteiger partial charge in [-0.1, -0.05) is 29.3 Å². The van der Waals surface area contributed by atoms with Gasteiger partial charge in [0, 0.05) is 63.8 Å². The molecule has 0 spiro atoms. The van der Waals surface area contributed by atoms with Crippen molar-refractivity contribution in [1.29, 1.82) is 0 Å². The lowest BCUT2D eigenvalue weighted by Gasteiger charge is -2.12. The third-order valence-electron chi connectivity index (χ3n) is 6.17. The summed E-state index contributed by atoms with van der Waals surface area (Å²) in [6.45, 7) is 0.236. The number of amides is 1. The summed E-state index contributed by atoms with van der Waals surface area (Å²) in [4.78, 5) is 26.0. The fraction of sp³-hybridized carbons (Fsp3) is 0.148. The zero-order valence-electron chi connectivity index (χ0n) is 19.5. The van der Waals surface area contributed by atoms with Gasteiger partial charge in [0.05, 0.1) is 17.6 Å². The molecule has 3 aromatic heterocycles. The monoisotopic (exact) mass is 529 g/mol. The summed E-state index contributed by atoms with van der Waals surface area (Å²) in [5, 5.41) is 12.1. The van der Waals surface area contributed by atoms with Crippen molar-refractivity contribution in [3.8, 4) is 11.4 Å². The van der Waals surface area contributed by atoms with E-state index in [1.807, 2.05) is 28.8 Å². The Morgan fingerprint density at radius 3 is 2.49 bits per heavy atom. The summed E-state index contributed by atoms with van der Waals surface area (Å²) in [5.41, 5.74) is 5.14. The zero-order valence-corrected chi connectivity index (χ0v) is 21.0. The minimum atomic E-state index is -0.222. The van der Waals surface area contributed by atoms with Crippen molar-refractivity contribution in [1.82, 2.24) is 29.9 Å². The highest BCUT2D eigenvalue weighted by atomic mass is 35.5. The number of anilines is 2. The highest BCUT2D eigenvalue weighted by molar-refractivity contribution is 6.36. The minimum Gasteiger partial charge on any atom is -0.348 e. The number of rotatable bonds is 7. The topological polar surface area (TPSA) is 97.1 Å². The lowest BCUT2D eigenvalue weighted by molar-refractivity contribution is 0.0951. The Bertz CT molecular complexity index is 1580. The van der Waals surface area contributed by atoms with Crippen molar-refractivity contribution in [2.24, 2.45) is 0 Å². The predicted octanol–water partition coefficient (Wildman–Crippen LogP) is 6.04. The van der Waals surface area contributed by atoms with E-state index in [1.165, 1.54) is 0 Å². The fourth-order valence-electron chi connectivity index (χ4n) is 4.05. The van der Waals surface area contributed by atoms with E-state index in [-0.39, 0.29) is 12.5 Å². The van der Waals surface area contributed by atoms with Gasteiger partial charge >= 0.3 is 0 Å². The Labute approximate surface area is 222 Å². The average molecular weight is 530 g/mol. The molecule has 1 fully saturated rings. The van der Waals surface area contributed by atoms with Crippen LogP contribution in [0.5, 0.6) is 0 Å². The molecule has 0 saturated heterocycles. The molecule has 2 N–H and O–H groups in total. The van der Waals surface area contributed by atoms with Crippen LogP contribution in [0.15, 0.2) is 73.2 Å². The fourth-order valence-corrected chi connectivity index (χ4v) is 4.58. The van der Waals surface area contributed by atoms with Crippen molar-refractivity contribution < 1.29 is 4.79 Å². The normalized spacial score (nSPS) is 13.0. The summed E-state index contributed by atoms with van der Waals surface area (Å²) < 4.78 is 1.81. The first kappa shape index (κ1) is 23.4. The number of halogens is 2. The molecule has 0 radical (unpaired) electrons. The van der Waals surface area contributed by atoms with E-state index in [1.54, 1.807) is 48.9 Å². The molecule has 37 heavy (non-hydrogen) atoms. The van der Waals surface area contributed by atoms with Crippen molar-refractivity contribution >= 4 is 46.3 Å². The minimum absolute atomic E-state index is 0.222. The van der Waals surface area contributed by atoms with Gasteiger partial charge in [0.25, 0.3) is 5.91 Å². The maximum Gasteiger partial charge on any atom is 0.251 e. The molecule has 2 aromatic carbocycles. The van der Waals surface area contributed by atoms with Gasteiger partial charge in [0.2, 0.25) is 0 Å². The Balaban J connectivity index is 1.24. The third-order valence-corrected chi connectivity index (χ3v) is 6.88. The number of hydrogen-bond donors (Lipinski definition) is 2. The van der Waals surface area contributed by atoms with Gasteiger partial charge in [-0.3, -0.25) is 14.8 Å². The summed E-state index contributed by atoms with van der Waals surface area (Å²) in [6.07, 6.45) is 7.26. The van der Waals surface area contributed by atoms with Crippen LogP contribution in [0, 0.1) is 0 Å². The largest absolute Gasteiger partial charge is 0.348 e. The van der Waals surface area contributed by atoms with E-state index in [2.05, 4.69) is 20.6 Å². The number of carbonyl (C=O) groups excluding carboxylic acids is 1. The summed E-state index contributed by atoms with van der Waals surface area (Å²) >= 11 is 12.4. The molecule has 0 aliphatic heterocycles. The number of aromatic nitrogens is 5. The van der Waals surface area contributed by atoms with Crippen LogP contribution in [0.25, 0.3) is 17.0 Å². The first-order valence-electron chi connectivity index (χ1n) is 11.8. The second-order valence-corrected chi connectivity index (χ2v) is 9.63. The molecule has 184 valence electrons. The van der Waals surface area contributed by atoms with E-state index < -0.39 is 0 Å². The lowest BCUT2D eigenvalue weighted by atomic mass is 10.1. The van der Waals surface area contributed by atoms with Gasteiger partial charge in [-0.2, -0.15) is 9.61 Å². The molecule has 0 bridgehead atoms. The number of nitrogens with zero attached hydrogens (tertiary/aromatic N) is 5. The molecule has 10 heteroatoms. The highest BCUT2D eigenvalue weighted by Gasteiger charge is 2.27. The Morgan fingerprint density at radius 1 is 1.00 bits per heavy atom. The van der Waals surface area contributed by atoms with Crippen LogP contribution >= 0.6 is 23.2 Å². The molecule has 0 atom stereocenters. The maximum absolute atomic E-state index is 12.7. The first-order chi connectivity index (χ1) is 18.0. The van der Waals surface area contributed by atoms with Crippen LogP contribution < -0.4 is 10.6 Å². The molecule has 1 amide bonds. The van der Waals surface area contributed by atoms with E-state index in [4.69, 9.17) is 33.3 Å². The van der Waals surface area contributed by atoms with E-state index >= 15 is 0 Å². The molecule has 1 aliphatic rings. The smallest absolute Gasteiger partial charge is 0.251 e. The molecule has 0 unspecified atom stereocenters. The van der Waals surface area contributed by atoms with Gasteiger partial charge < -0.3 is 10.6 Å². The third kappa shape index (κ3) is 4.98. The molecule has 6 rings (SSSR count). The predicted molar refractivity (Wildman–Crippen MR) is 143 cm³/mol. The Hall–Kier alpha value is -4.01. The summed E-state index contributed by atoms with van der Waals surface area (Å²) in [7, 11) is 0. The highest BCUT2D eigenvalue weighted by Crippen LogP contribution is 2.40. The zero-order chi connectivity index (χ0) is 25.4. The number of hydrogen-bond acceptors (Lipinski definition) is 6. The SMILES string of the molecule is O=C(NCc1c(Cl)cccc1Cl)c1ccc(Nc2cc(-c3cnccn3)nc3cc(C4CC4)nn23)cc1. The van der Waals surface area contributed by atoms with Crippen LogP contribution in [0.3, 0.4) is 0 Å². The lowest BCUT2D eigenvalue weighted by Crippen LogP contribution is -2.23. The second kappa shape index (κ2) is 9.80. The van der Waals surface area contributed by atoms with Crippen LogP contribution in [-0.4, -0.2) is 30.5 Å². The molecule has 5 aromatic rings. The van der Waals surface area contributed by atoms with Gasteiger partial charge in [0.15, 0.2) is 5.65 Å². The molecule has 1 aliphatic carbocycles. The van der Waals surface area contributed by atoms with Crippen molar-refractivity contribution in [2.45, 2.75) is 25.3 Å². The molecule has 8 nitrogen and oxygen atoms in total. The van der Waals surface area contributed by atoms with Gasteiger partial charge in [-0.25, -0.2) is 4.98 Å². The average Bonchev–Trinajstić information content (AvgIpc) is 3.68. The van der Waals surface area contributed by atoms with Crippen molar-refractivity contribution in [2.75, 3.05) is 5.32 Å². The number of fused-ring (bicyclic) bond motifs is 1. The summed E-state index contributed by atoms with van der Waals surface area (Å²) in [5.74, 6) is 1.01. The molecular weight excluding hydrogens is 509 g/mol. The Morgan fingerprint density at radius 2 is 1.78 bits per heavy atom. The van der Waals surface area contributed by atoms with Crippen molar-refractivity contribution in [3.05, 3.63) is 100 Å².